The number of aryl methyl sites for hydroxylation is 3. The molecule has 0 saturated carbocycles. The van der Waals surface area contributed by atoms with Gasteiger partial charge in [0.05, 0.1) is 10.6 Å². The lowest BCUT2D eigenvalue weighted by atomic mass is 10.1. The van der Waals surface area contributed by atoms with Gasteiger partial charge >= 0.3 is 0 Å². The summed E-state index contributed by atoms with van der Waals surface area (Å²) in [7, 11) is -4.15. The smallest absolute Gasteiger partial charge is 0.264 e. The number of rotatable bonds is 10. The maximum atomic E-state index is 14.0. The molecule has 0 spiro atoms. The van der Waals surface area contributed by atoms with E-state index < -0.39 is 28.5 Å². The Labute approximate surface area is 236 Å². The second-order valence-corrected chi connectivity index (χ2v) is 12.3. The molecule has 0 aliphatic rings. The van der Waals surface area contributed by atoms with Gasteiger partial charge in [0.2, 0.25) is 11.8 Å². The molecule has 0 radical (unpaired) electrons. The molecule has 0 aliphatic carbocycles. The molecule has 0 bridgehead atoms. The number of nitrogens with one attached hydrogen (secondary N) is 1. The van der Waals surface area contributed by atoms with Gasteiger partial charge in [-0.1, -0.05) is 41.9 Å². The minimum atomic E-state index is -4.15. The average molecular weight is 570 g/mol. The normalized spacial score (nSPS) is 12.2. The van der Waals surface area contributed by atoms with Crippen molar-refractivity contribution in [3.8, 4) is 0 Å². The minimum Gasteiger partial charge on any atom is -0.352 e. The second kappa shape index (κ2) is 12.7. The third kappa shape index (κ3) is 7.40. The number of hydrogen-bond donors (Lipinski definition) is 1. The van der Waals surface area contributed by atoms with Crippen LogP contribution < -0.4 is 9.62 Å². The number of amides is 2. The van der Waals surface area contributed by atoms with Crippen LogP contribution in [-0.4, -0.2) is 43.8 Å². The van der Waals surface area contributed by atoms with Crippen molar-refractivity contribution in [2.24, 2.45) is 0 Å². The molecule has 0 aromatic heterocycles. The van der Waals surface area contributed by atoms with Gasteiger partial charge in [-0.3, -0.25) is 13.9 Å². The zero-order chi connectivity index (χ0) is 28.9. The number of sulfonamides is 1. The third-order valence-corrected chi connectivity index (χ3v) is 8.70. The summed E-state index contributed by atoms with van der Waals surface area (Å²) in [5.41, 5.74) is 4.07. The fourth-order valence-corrected chi connectivity index (χ4v) is 5.63. The molecule has 2 amide bonds. The molecule has 0 unspecified atom stereocenters. The van der Waals surface area contributed by atoms with Crippen molar-refractivity contribution in [3.63, 3.8) is 0 Å². The van der Waals surface area contributed by atoms with Gasteiger partial charge in [-0.2, -0.15) is 0 Å². The van der Waals surface area contributed by atoms with Gasteiger partial charge in [0.1, 0.15) is 12.6 Å². The number of hydrogen-bond acceptors (Lipinski definition) is 4. The number of anilines is 1. The van der Waals surface area contributed by atoms with Crippen LogP contribution in [0, 0.1) is 20.8 Å². The predicted octanol–water partition coefficient (Wildman–Crippen LogP) is 5.40. The minimum absolute atomic E-state index is 0.00832. The van der Waals surface area contributed by atoms with Crippen LogP contribution in [0.4, 0.5) is 5.69 Å². The molecule has 0 fully saturated rings. The van der Waals surface area contributed by atoms with Crippen LogP contribution in [0.25, 0.3) is 0 Å². The number of carbonyl (C=O) groups is 2. The molecular weight excluding hydrogens is 534 g/mol. The zero-order valence-electron chi connectivity index (χ0n) is 23.2. The summed E-state index contributed by atoms with van der Waals surface area (Å²) in [5.74, 6) is -0.814. The SMILES string of the molecule is Cc1ccc(N(CC(=O)N(Cc2ccccc2C)[C@H](C)C(=O)NC(C)C)S(=O)(=O)c2ccc(Cl)cc2)cc1C. The summed E-state index contributed by atoms with van der Waals surface area (Å²) in [4.78, 5) is 28.4. The van der Waals surface area contributed by atoms with Crippen LogP contribution in [0.3, 0.4) is 0 Å². The first-order chi connectivity index (χ1) is 18.3. The molecular formula is C30H36ClN3O4S. The lowest BCUT2D eigenvalue weighted by Crippen LogP contribution is -2.52. The molecule has 7 nitrogen and oxygen atoms in total. The molecule has 0 saturated heterocycles. The summed E-state index contributed by atoms with van der Waals surface area (Å²) in [6.07, 6.45) is 0. The van der Waals surface area contributed by atoms with Crippen molar-refractivity contribution < 1.29 is 18.0 Å². The van der Waals surface area contributed by atoms with Crippen molar-refractivity contribution >= 4 is 39.1 Å². The van der Waals surface area contributed by atoms with Gasteiger partial charge in [0.25, 0.3) is 10.0 Å². The predicted molar refractivity (Wildman–Crippen MR) is 156 cm³/mol. The van der Waals surface area contributed by atoms with E-state index in [1.807, 2.05) is 65.0 Å². The van der Waals surface area contributed by atoms with E-state index in [1.165, 1.54) is 29.2 Å². The van der Waals surface area contributed by atoms with Gasteiger partial charge in [-0.15, -0.1) is 0 Å². The highest BCUT2D eigenvalue weighted by molar-refractivity contribution is 7.92. The first kappa shape index (κ1) is 30.2. The first-order valence-electron chi connectivity index (χ1n) is 12.8. The maximum absolute atomic E-state index is 14.0. The molecule has 1 N–H and O–H groups in total. The molecule has 3 aromatic carbocycles. The highest BCUT2D eigenvalue weighted by Gasteiger charge is 2.33. The van der Waals surface area contributed by atoms with Crippen molar-refractivity contribution in [3.05, 3.63) is 94.0 Å². The van der Waals surface area contributed by atoms with Crippen LogP contribution in [0.2, 0.25) is 5.02 Å². The fraction of sp³-hybridized carbons (Fsp3) is 0.333. The van der Waals surface area contributed by atoms with Gasteiger partial charge in [0, 0.05) is 17.6 Å². The molecule has 0 heterocycles. The van der Waals surface area contributed by atoms with Gasteiger partial charge in [-0.05, 0) is 100 Å². The van der Waals surface area contributed by atoms with E-state index in [-0.39, 0.29) is 23.4 Å². The lowest BCUT2D eigenvalue weighted by Gasteiger charge is -2.32. The summed E-state index contributed by atoms with van der Waals surface area (Å²) in [5, 5.41) is 3.26. The number of nitrogens with zero attached hydrogens (tertiary/aromatic N) is 2. The monoisotopic (exact) mass is 569 g/mol. The number of carbonyl (C=O) groups excluding carboxylic acids is 2. The van der Waals surface area contributed by atoms with Crippen LogP contribution in [0.5, 0.6) is 0 Å². The van der Waals surface area contributed by atoms with E-state index in [0.29, 0.717) is 10.7 Å². The molecule has 9 heteroatoms. The average Bonchev–Trinajstić information content (AvgIpc) is 2.87. The Morgan fingerprint density at radius 1 is 0.872 bits per heavy atom. The quantitative estimate of drug-likeness (QED) is 0.354. The van der Waals surface area contributed by atoms with E-state index in [0.717, 1.165) is 26.6 Å². The van der Waals surface area contributed by atoms with Crippen LogP contribution in [0.1, 0.15) is 43.0 Å². The van der Waals surface area contributed by atoms with E-state index in [1.54, 1.807) is 19.1 Å². The molecule has 39 heavy (non-hydrogen) atoms. The van der Waals surface area contributed by atoms with Gasteiger partial charge in [-0.25, -0.2) is 8.42 Å². The highest BCUT2D eigenvalue weighted by Crippen LogP contribution is 2.27. The Balaban J connectivity index is 2.07. The summed E-state index contributed by atoms with van der Waals surface area (Å²) < 4.78 is 28.9. The van der Waals surface area contributed by atoms with E-state index in [4.69, 9.17) is 11.6 Å². The number of halogens is 1. The van der Waals surface area contributed by atoms with E-state index in [2.05, 4.69) is 5.32 Å². The highest BCUT2D eigenvalue weighted by atomic mass is 35.5. The molecule has 208 valence electrons. The summed E-state index contributed by atoms with van der Waals surface area (Å²) in [6.45, 7) is 10.8. The first-order valence-corrected chi connectivity index (χ1v) is 14.6. The third-order valence-electron chi connectivity index (χ3n) is 6.66. The Bertz CT molecular complexity index is 1440. The molecule has 0 aliphatic heterocycles. The standard InChI is InChI=1S/C30H36ClN3O4S/c1-20(2)32-30(36)24(6)33(18-25-10-8-7-9-22(25)4)29(35)19-34(27-14-11-21(3)23(5)17-27)39(37,38)28-15-12-26(31)13-16-28/h7-17,20,24H,18-19H2,1-6H3,(H,32,36)/t24-/m1/s1. The summed E-state index contributed by atoms with van der Waals surface area (Å²) in [6, 6.07) is 17.7. The molecule has 1 atom stereocenters. The Morgan fingerprint density at radius 2 is 1.51 bits per heavy atom. The van der Waals surface area contributed by atoms with Crippen LogP contribution in [0.15, 0.2) is 71.6 Å². The van der Waals surface area contributed by atoms with Crippen molar-refractivity contribution in [2.75, 3.05) is 10.8 Å². The van der Waals surface area contributed by atoms with Crippen LogP contribution >= 0.6 is 11.6 Å². The Kier molecular flexibility index (Phi) is 9.80. The molecule has 3 aromatic rings. The Hall–Kier alpha value is -3.36. The van der Waals surface area contributed by atoms with E-state index in [9.17, 15) is 18.0 Å². The fourth-order valence-electron chi connectivity index (χ4n) is 4.10. The van der Waals surface area contributed by atoms with Gasteiger partial charge in [0.15, 0.2) is 0 Å². The lowest BCUT2D eigenvalue weighted by molar-refractivity contribution is -0.139. The zero-order valence-corrected chi connectivity index (χ0v) is 24.8. The summed E-state index contributed by atoms with van der Waals surface area (Å²) >= 11 is 6.01. The van der Waals surface area contributed by atoms with Crippen molar-refractivity contribution in [1.82, 2.24) is 10.2 Å². The number of benzene rings is 3. The van der Waals surface area contributed by atoms with Crippen molar-refractivity contribution in [2.45, 2.75) is 65.1 Å². The Morgan fingerprint density at radius 3 is 2.10 bits per heavy atom. The van der Waals surface area contributed by atoms with Crippen molar-refractivity contribution in [1.29, 1.82) is 0 Å². The molecule has 3 rings (SSSR count). The van der Waals surface area contributed by atoms with Crippen LogP contribution in [-0.2, 0) is 26.2 Å². The topological polar surface area (TPSA) is 86.8 Å². The largest absolute Gasteiger partial charge is 0.352 e. The van der Waals surface area contributed by atoms with Gasteiger partial charge < -0.3 is 10.2 Å². The van der Waals surface area contributed by atoms with E-state index >= 15 is 0 Å². The maximum Gasteiger partial charge on any atom is 0.264 e. The second-order valence-electron chi connectivity index (χ2n) is 10.0.